The molecule has 104 valence electrons. The molecule has 1 aliphatic rings. The lowest BCUT2D eigenvalue weighted by atomic mass is 10.1. The van der Waals surface area contributed by atoms with Crippen LogP contribution in [-0.4, -0.2) is 13.7 Å². The molecule has 0 radical (unpaired) electrons. The van der Waals surface area contributed by atoms with Crippen LogP contribution in [0.2, 0.25) is 0 Å². The van der Waals surface area contributed by atoms with E-state index in [-0.39, 0.29) is 18.5 Å². The van der Waals surface area contributed by atoms with E-state index in [9.17, 15) is 4.39 Å². The molecule has 1 N–H and O–H groups in total. The van der Waals surface area contributed by atoms with E-state index in [1.807, 2.05) is 25.2 Å². The molecule has 0 aliphatic carbocycles. The highest BCUT2D eigenvalue weighted by Crippen LogP contribution is 2.35. The van der Waals surface area contributed by atoms with Crippen LogP contribution in [0.1, 0.15) is 17.2 Å². The Morgan fingerprint density at radius 2 is 2.15 bits per heavy atom. The summed E-state index contributed by atoms with van der Waals surface area (Å²) in [4.78, 5) is 0. The van der Waals surface area contributed by atoms with Crippen LogP contribution in [0.4, 0.5) is 4.39 Å². The lowest BCUT2D eigenvalue weighted by Gasteiger charge is -2.09. The van der Waals surface area contributed by atoms with E-state index >= 15 is 0 Å². The lowest BCUT2D eigenvalue weighted by molar-refractivity contribution is 0.294. The van der Waals surface area contributed by atoms with Crippen molar-refractivity contribution < 1.29 is 13.9 Å². The summed E-state index contributed by atoms with van der Waals surface area (Å²) in [5.74, 6) is 1.26. The number of halogens is 1. The predicted octanol–water partition coefficient (Wildman–Crippen LogP) is 3.06. The predicted molar refractivity (Wildman–Crippen MR) is 74.5 cm³/mol. The molecule has 4 heteroatoms. The summed E-state index contributed by atoms with van der Waals surface area (Å²) in [5.41, 5.74) is 1.67. The summed E-state index contributed by atoms with van der Waals surface area (Å²) in [5, 5.41) is 3.19. The van der Waals surface area contributed by atoms with E-state index < -0.39 is 0 Å². The van der Waals surface area contributed by atoms with Gasteiger partial charge in [-0.05, 0) is 25.2 Å². The normalized spacial score (nSPS) is 16.6. The number of likely N-dealkylation sites (N-methyl/N-ethyl adjacent to an activating group) is 1. The lowest BCUT2D eigenvalue weighted by Crippen LogP contribution is -2.17. The summed E-state index contributed by atoms with van der Waals surface area (Å²) in [6.07, 6.45) is 0. The summed E-state index contributed by atoms with van der Waals surface area (Å²) in [6.45, 7) is 0.837. The second-order valence-electron chi connectivity index (χ2n) is 4.73. The first kappa shape index (κ1) is 12.9. The second-order valence-corrected chi connectivity index (χ2v) is 4.73. The molecule has 1 atom stereocenters. The summed E-state index contributed by atoms with van der Waals surface area (Å²) < 4.78 is 24.7. The molecule has 0 saturated carbocycles. The first-order valence-electron chi connectivity index (χ1n) is 6.58. The third-order valence-corrected chi connectivity index (χ3v) is 3.47. The topological polar surface area (TPSA) is 30.5 Å². The van der Waals surface area contributed by atoms with Crippen molar-refractivity contribution in [2.24, 2.45) is 0 Å². The minimum Gasteiger partial charge on any atom is -0.491 e. The standard InChI is InChI=1S/C16H16FNO2/c1-18-15-10-20-16-8-12(6-7-13(15)16)19-9-11-4-2-3-5-14(11)17/h2-8,15,18H,9-10H2,1H3. The van der Waals surface area contributed by atoms with Gasteiger partial charge in [-0.25, -0.2) is 4.39 Å². The number of hydrogen-bond acceptors (Lipinski definition) is 3. The largest absolute Gasteiger partial charge is 0.491 e. The molecule has 0 saturated heterocycles. The molecule has 1 unspecified atom stereocenters. The van der Waals surface area contributed by atoms with Gasteiger partial charge in [-0.15, -0.1) is 0 Å². The van der Waals surface area contributed by atoms with Gasteiger partial charge in [-0.3, -0.25) is 0 Å². The van der Waals surface area contributed by atoms with E-state index in [2.05, 4.69) is 5.32 Å². The SMILES string of the molecule is CNC1COc2cc(OCc3ccccc3F)ccc21. The maximum absolute atomic E-state index is 13.5. The Morgan fingerprint density at radius 1 is 1.30 bits per heavy atom. The third kappa shape index (κ3) is 2.47. The van der Waals surface area contributed by atoms with Crippen LogP contribution in [0, 0.1) is 5.82 Å². The minimum atomic E-state index is -0.250. The monoisotopic (exact) mass is 273 g/mol. The van der Waals surface area contributed by atoms with Crippen LogP contribution >= 0.6 is 0 Å². The average Bonchev–Trinajstić information content (AvgIpc) is 2.88. The highest BCUT2D eigenvalue weighted by molar-refractivity contribution is 5.45. The number of fused-ring (bicyclic) bond motifs is 1. The van der Waals surface area contributed by atoms with Gasteiger partial charge >= 0.3 is 0 Å². The Labute approximate surface area is 117 Å². The number of nitrogens with one attached hydrogen (secondary N) is 1. The van der Waals surface area contributed by atoms with E-state index in [1.165, 1.54) is 6.07 Å². The van der Waals surface area contributed by atoms with Crippen LogP contribution in [0.3, 0.4) is 0 Å². The molecule has 0 spiro atoms. The Hall–Kier alpha value is -2.07. The number of benzene rings is 2. The van der Waals surface area contributed by atoms with Crippen molar-refractivity contribution >= 4 is 0 Å². The fourth-order valence-electron chi connectivity index (χ4n) is 2.30. The van der Waals surface area contributed by atoms with E-state index in [4.69, 9.17) is 9.47 Å². The Balaban J connectivity index is 1.72. The third-order valence-electron chi connectivity index (χ3n) is 3.47. The zero-order valence-corrected chi connectivity index (χ0v) is 11.2. The first-order chi connectivity index (χ1) is 9.78. The fraction of sp³-hybridized carbons (Fsp3) is 0.250. The van der Waals surface area contributed by atoms with E-state index in [0.29, 0.717) is 17.9 Å². The van der Waals surface area contributed by atoms with Crippen molar-refractivity contribution in [3.63, 3.8) is 0 Å². The van der Waals surface area contributed by atoms with Crippen LogP contribution in [0.5, 0.6) is 11.5 Å². The molecule has 1 heterocycles. The molecule has 0 bridgehead atoms. The van der Waals surface area contributed by atoms with Gasteiger partial charge in [0.05, 0.1) is 6.04 Å². The zero-order valence-electron chi connectivity index (χ0n) is 11.2. The van der Waals surface area contributed by atoms with Crippen molar-refractivity contribution in [2.75, 3.05) is 13.7 Å². The van der Waals surface area contributed by atoms with E-state index in [1.54, 1.807) is 18.2 Å². The molecule has 0 aromatic heterocycles. The molecule has 0 fully saturated rings. The number of rotatable bonds is 4. The maximum Gasteiger partial charge on any atom is 0.129 e. The van der Waals surface area contributed by atoms with Crippen molar-refractivity contribution in [1.82, 2.24) is 5.32 Å². The van der Waals surface area contributed by atoms with Crippen molar-refractivity contribution in [1.29, 1.82) is 0 Å². The van der Waals surface area contributed by atoms with Gasteiger partial charge in [0.2, 0.25) is 0 Å². The maximum atomic E-state index is 13.5. The van der Waals surface area contributed by atoms with Crippen LogP contribution in [0.15, 0.2) is 42.5 Å². The summed E-state index contributed by atoms with van der Waals surface area (Å²) in [6, 6.07) is 12.6. The molecule has 2 aromatic rings. The fourth-order valence-corrected chi connectivity index (χ4v) is 2.30. The Bertz CT molecular complexity index is 615. The molecule has 3 nitrogen and oxygen atoms in total. The van der Waals surface area contributed by atoms with E-state index in [0.717, 1.165) is 11.3 Å². The highest BCUT2D eigenvalue weighted by atomic mass is 19.1. The minimum absolute atomic E-state index is 0.209. The number of ether oxygens (including phenoxy) is 2. The van der Waals surface area contributed by atoms with Crippen molar-refractivity contribution in [3.8, 4) is 11.5 Å². The van der Waals surface area contributed by atoms with Gasteiger partial charge in [0.25, 0.3) is 0 Å². The summed E-state index contributed by atoms with van der Waals surface area (Å²) in [7, 11) is 1.91. The van der Waals surface area contributed by atoms with Gasteiger partial charge < -0.3 is 14.8 Å². The van der Waals surface area contributed by atoms with Gasteiger partial charge in [0.1, 0.15) is 30.5 Å². The average molecular weight is 273 g/mol. The first-order valence-corrected chi connectivity index (χ1v) is 6.58. The van der Waals surface area contributed by atoms with Gasteiger partial charge in [-0.1, -0.05) is 18.2 Å². The quantitative estimate of drug-likeness (QED) is 0.928. The zero-order chi connectivity index (χ0) is 13.9. The molecular formula is C16H16FNO2. The number of hydrogen-bond donors (Lipinski definition) is 1. The van der Waals surface area contributed by atoms with Gasteiger partial charge in [0.15, 0.2) is 0 Å². The van der Waals surface area contributed by atoms with Crippen LogP contribution < -0.4 is 14.8 Å². The molecule has 1 aliphatic heterocycles. The molecule has 3 rings (SSSR count). The molecular weight excluding hydrogens is 257 g/mol. The van der Waals surface area contributed by atoms with Crippen molar-refractivity contribution in [2.45, 2.75) is 12.6 Å². The molecule has 2 aromatic carbocycles. The van der Waals surface area contributed by atoms with Crippen LogP contribution in [0.25, 0.3) is 0 Å². The van der Waals surface area contributed by atoms with Gasteiger partial charge in [0, 0.05) is 17.2 Å². The van der Waals surface area contributed by atoms with Gasteiger partial charge in [-0.2, -0.15) is 0 Å². The summed E-state index contributed by atoms with van der Waals surface area (Å²) >= 11 is 0. The Morgan fingerprint density at radius 3 is 2.95 bits per heavy atom. The van der Waals surface area contributed by atoms with Crippen molar-refractivity contribution in [3.05, 3.63) is 59.4 Å². The second kappa shape index (κ2) is 5.51. The molecule has 20 heavy (non-hydrogen) atoms. The molecule has 0 amide bonds. The van der Waals surface area contributed by atoms with Crippen LogP contribution in [-0.2, 0) is 6.61 Å². The smallest absolute Gasteiger partial charge is 0.129 e. The highest BCUT2D eigenvalue weighted by Gasteiger charge is 2.22. The Kier molecular flexibility index (Phi) is 3.56.